The predicted octanol–water partition coefficient (Wildman–Crippen LogP) is 1.23. The van der Waals surface area contributed by atoms with E-state index < -0.39 is 10.0 Å². The van der Waals surface area contributed by atoms with Crippen LogP contribution in [0.15, 0.2) is 29.4 Å². The third-order valence-electron chi connectivity index (χ3n) is 3.44. The lowest BCUT2D eigenvalue weighted by Gasteiger charge is -2.34. The number of aromatic nitrogens is 1. The Hall–Kier alpha value is -0.980. The van der Waals surface area contributed by atoms with Gasteiger partial charge in [-0.05, 0) is 31.5 Å². The number of rotatable bonds is 5. The smallest absolute Gasteiger partial charge is 0.244 e. The molecule has 0 amide bonds. The Balaban J connectivity index is 2.21. The van der Waals surface area contributed by atoms with Crippen LogP contribution in [0.25, 0.3) is 0 Å². The van der Waals surface area contributed by atoms with E-state index in [0.717, 1.165) is 32.4 Å². The van der Waals surface area contributed by atoms with E-state index in [9.17, 15) is 8.42 Å². The fraction of sp³-hybridized carbons (Fsp3) is 0.615. The summed E-state index contributed by atoms with van der Waals surface area (Å²) in [7, 11) is -3.41. The molecule has 1 fully saturated rings. The molecule has 0 saturated carbocycles. The van der Waals surface area contributed by atoms with Crippen LogP contribution in [0, 0.1) is 0 Å². The summed E-state index contributed by atoms with van der Waals surface area (Å²) < 4.78 is 26.9. The summed E-state index contributed by atoms with van der Waals surface area (Å²) in [6.45, 7) is 4.21. The van der Waals surface area contributed by atoms with Crippen LogP contribution in [0.2, 0.25) is 0 Å². The van der Waals surface area contributed by atoms with Crippen molar-refractivity contribution in [2.45, 2.75) is 37.1 Å². The molecule has 1 aromatic rings. The topological polar surface area (TPSA) is 62.3 Å². The zero-order valence-electron chi connectivity index (χ0n) is 11.2. The first-order valence-electron chi connectivity index (χ1n) is 6.79. The Morgan fingerprint density at radius 2 is 2.32 bits per heavy atom. The average molecular weight is 283 g/mol. The molecule has 0 radical (unpaired) electrons. The molecule has 1 N–H and O–H groups in total. The van der Waals surface area contributed by atoms with Gasteiger partial charge < -0.3 is 5.32 Å². The lowest BCUT2D eigenvalue weighted by molar-refractivity contribution is 0.246. The van der Waals surface area contributed by atoms with Gasteiger partial charge in [-0.2, -0.15) is 4.31 Å². The lowest BCUT2D eigenvalue weighted by atomic mass is 10.1. The molecule has 19 heavy (non-hydrogen) atoms. The van der Waals surface area contributed by atoms with Gasteiger partial charge in [0.05, 0.1) is 0 Å². The zero-order chi connectivity index (χ0) is 13.7. The minimum absolute atomic E-state index is 0.0545. The lowest BCUT2D eigenvalue weighted by Crippen LogP contribution is -2.48. The number of sulfonamides is 1. The van der Waals surface area contributed by atoms with Crippen molar-refractivity contribution in [3.8, 4) is 0 Å². The van der Waals surface area contributed by atoms with Crippen molar-refractivity contribution in [1.29, 1.82) is 0 Å². The predicted molar refractivity (Wildman–Crippen MR) is 74.3 cm³/mol. The van der Waals surface area contributed by atoms with Gasteiger partial charge in [-0.1, -0.05) is 13.3 Å². The molecule has 6 heteroatoms. The molecule has 0 aliphatic carbocycles. The van der Waals surface area contributed by atoms with E-state index in [0.29, 0.717) is 11.4 Å². The van der Waals surface area contributed by atoms with Gasteiger partial charge in [0.15, 0.2) is 0 Å². The van der Waals surface area contributed by atoms with Crippen LogP contribution in [0.1, 0.15) is 26.2 Å². The highest BCUT2D eigenvalue weighted by atomic mass is 32.2. The van der Waals surface area contributed by atoms with Gasteiger partial charge in [0.2, 0.25) is 10.0 Å². The normalized spacial score (nSPS) is 21.4. The molecule has 0 bridgehead atoms. The fourth-order valence-electron chi connectivity index (χ4n) is 2.44. The first-order valence-corrected chi connectivity index (χ1v) is 8.23. The molecule has 1 aliphatic rings. The summed E-state index contributed by atoms with van der Waals surface area (Å²) in [5.41, 5.74) is 0. The van der Waals surface area contributed by atoms with Gasteiger partial charge >= 0.3 is 0 Å². The Kier molecular flexibility index (Phi) is 4.90. The van der Waals surface area contributed by atoms with Crippen LogP contribution in [0.4, 0.5) is 0 Å². The number of nitrogens with one attached hydrogen (secondary N) is 1. The van der Waals surface area contributed by atoms with Crippen LogP contribution < -0.4 is 5.32 Å². The van der Waals surface area contributed by atoms with E-state index in [-0.39, 0.29) is 6.04 Å². The summed E-state index contributed by atoms with van der Waals surface area (Å²) >= 11 is 0. The molecule has 1 aliphatic heterocycles. The maximum Gasteiger partial charge on any atom is 0.244 e. The van der Waals surface area contributed by atoms with Gasteiger partial charge in [-0.3, -0.25) is 4.98 Å². The van der Waals surface area contributed by atoms with Crippen molar-refractivity contribution in [3.05, 3.63) is 24.5 Å². The number of hydrogen-bond donors (Lipinski definition) is 1. The quantitative estimate of drug-likeness (QED) is 0.883. The Morgan fingerprint density at radius 3 is 3.00 bits per heavy atom. The van der Waals surface area contributed by atoms with E-state index in [1.54, 1.807) is 22.6 Å². The number of piperidine rings is 1. The van der Waals surface area contributed by atoms with Crippen LogP contribution in [-0.4, -0.2) is 43.4 Å². The summed E-state index contributed by atoms with van der Waals surface area (Å²) in [5.74, 6) is 0. The van der Waals surface area contributed by atoms with Crippen LogP contribution in [-0.2, 0) is 10.0 Å². The third kappa shape index (κ3) is 3.32. The summed E-state index contributed by atoms with van der Waals surface area (Å²) in [5, 5.41) is 3.25. The standard InChI is InChI=1S/C13H21N3O2S/c1-2-14-10-12-6-3-4-9-16(12)19(17,18)13-7-5-8-15-11-13/h5,7-8,11-12,14H,2-4,6,9-10H2,1H3. The largest absolute Gasteiger partial charge is 0.315 e. The highest BCUT2D eigenvalue weighted by Crippen LogP contribution is 2.24. The van der Waals surface area contributed by atoms with Crippen LogP contribution in [0.3, 0.4) is 0 Å². The molecule has 106 valence electrons. The van der Waals surface area contributed by atoms with Crippen molar-refractivity contribution < 1.29 is 8.42 Å². The molecule has 5 nitrogen and oxygen atoms in total. The highest BCUT2D eigenvalue weighted by Gasteiger charge is 2.33. The van der Waals surface area contributed by atoms with E-state index >= 15 is 0 Å². The molecule has 1 unspecified atom stereocenters. The number of likely N-dealkylation sites (N-methyl/N-ethyl adjacent to an activating group) is 1. The monoisotopic (exact) mass is 283 g/mol. The second kappa shape index (κ2) is 6.45. The number of hydrogen-bond acceptors (Lipinski definition) is 4. The molecule has 2 rings (SSSR count). The molecule has 0 spiro atoms. The molecule has 2 heterocycles. The Morgan fingerprint density at radius 1 is 1.47 bits per heavy atom. The van der Waals surface area contributed by atoms with Crippen molar-refractivity contribution in [3.63, 3.8) is 0 Å². The minimum Gasteiger partial charge on any atom is -0.315 e. The molecule has 1 atom stereocenters. The van der Waals surface area contributed by atoms with E-state index in [4.69, 9.17) is 0 Å². The molecule has 1 saturated heterocycles. The number of pyridine rings is 1. The first kappa shape index (κ1) is 14.4. The molecular weight excluding hydrogens is 262 g/mol. The summed E-state index contributed by atoms with van der Waals surface area (Å²) in [4.78, 5) is 4.20. The Bertz CT molecular complexity index is 490. The van der Waals surface area contributed by atoms with Gasteiger partial charge in [-0.25, -0.2) is 8.42 Å². The van der Waals surface area contributed by atoms with Crippen molar-refractivity contribution in [2.24, 2.45) is 0 Å². The maximum absolute atomic E-state index is 12.6. The fourth-order valence-corrected chi connectivity index (χ4v) is 4.10. The Labute approximate surface area is 115 Å². The van der Waals surface area contributed by atoms with E-state index in [1.165, 1.54) is 6.20 Å². The summed E-state index contributed by atoms with van der Waals surface area (Å²) in [6, 6.07) is 3.33. The summed E-state index contributed by atoms with van der Waals surface area (Å²) in [6.07, 6.45) is 5.96. The van der Waals surface area contributed by atoms with E-state index in [2.05, 4.69) is 10.3 Å². The highest BCUT2D eigenvalue weighted by molar-refractivity contribution is 7.89. The van der Waals surface area contributed by atoms with Crippen LogP contribution >= 0.6 is 0 Å². The number of nitrogens with zero attached hydrogens (tertiary/aromatic N) is 2. The zero-order valence-corrected chi connectivity index (χ0v) is 12.1. The maximum atomic E-state index is 12.6. The van der Waals surface area contributed by atoms with Gasteiger partial charge in [0, 0.05) is 31.5 Å². The van der Waals surface area contributed by atoms with Gasteiger partial charge in [-0.15, -0.1) is 0 Å². The average Bonchev–Trinajstić information content (AvgIpc) is 2.46. The second-order valence-corrected chi connectivity index (χ2v) is 6.65. The minimum atomic E-state index is -3.41. The molecule has 1 aromatic heterocycles. The second-order valence-electron chi connectivity index (χ2n) is 4.76. The molecular formula is C13H21N3O2S. The van der Waals surface area contributed by atoms with Gasteiger partial charge in [0.25, 0.3) is 0 Å². The van der Waals surface area contributed by atoms with Crippen molar-refractivity contribution >= 4 is 10.0 Å². The van der Waals surface area contributed by atoms with Crippen molar-refractivity contribution in [1.82, 2.24) is 14.6 Å². The van der Waals surface area contributed by atoms with Crippen molar-refractivity contribution in [2.75, 3.05) is 19.6 Å². The van der Waals surface area contributed by atoms with Gasteiger partial charge in [0.1, 0.15) is 4.90 Å². The van der Waals surface area contributed by atoms with Crippen LogP contribution in [0.5, 0.6) is 0 Å². The van der Waals surface area contributed by atoms with E-state index in [1.807, 2.05) is 6.92 Å². The third-order valence-corrected chi connectivity index (χ3v) is 5.38. The first-order chi connectivity index (χ1) is 9.16. The molecule has 0 aromatic carbocycles. The SMILES string of the molecule is CCNCC1CCCCN1S(=O)(=O)c1cccnc1.